The summed E-state index contributed by atoms with van der Waals surface area (Å²) in [5.74, 6) is -0.122. The van der Waals surface area contributed by atoms with Gasteiger partial charge in [-0.1, -0.05) is 35.9 Å². The van der Waals surface area contributed by atoms with E-state index in [9.17, 15) is 9.59 Å². The minimum Gasteiger partial charge on any atom is -0.326 e. The first-order chi connectivity index (χ1) is 12.0. The number of anilines is 2. The van der Waals surface area contributed by atoms with Crippen molar-refractivity contribution in [3.05, 3.63) is 58.6 Å². The number of carbonyl (C=O) groups excluding carboxylic acids is 2. The topological polar surface area (TPSA) is 61.4 Å². The third kappa shape index (κ3) is 3.77. The predicted molar refractivity (Wildman–Crippen MR) is 100 cm³/mol. The first kappa shape index (κ1) is 17.3. The van der Waals surface area contributed by atoms with Crippen LogP contribution in [-0.2, 0) is 11.2 Å². The quantitative estimate of drug-likeness (QED) is 0.878. The molecule has 0 bridgehead atoms. The summed E-state index contributed by atoms with van der Waals surface area (Å²) in [7, 11) is 0. The lowest BCUT2D eigenvalue weighted by atomic mass is 10.2. The Hall–Kier alpha value is -2.53. The normalized spacial score (nSPS) is 14.0. The summed E-state index contributed by atoms with van der Waals surface area (Å²) in [4.78, 5) is 26.6. The first-order valence-electron chi connectivity index (χ1n) is 8.18. The van der Waals surface area contributed by atoms with Gasteiger partial charge in [0, 0.05) is 22.9 Å². The summed E-state index contributed by atoms with van der Waals surface area (Å²) in [6.07, 6.45) is 0.836. The third-order valence-corrected chi connectivity index (χ3v) is 4.55. The molecule has 5 nitrogen and oxygen atoms in total. The van der Waals surface area contributed by atoms with Gasteiger partial charge in [-0.05, 0) is 49.6 Å². The first-order valence-corrected chi connectivity index (χ1v) is 8.56. The molecule has 25 heavy (non-hydrogen) atoms. The molecule has 1 aliphatic heterocycles. The maximum atomic E-state index is 12.7. The van der Waals surface area contributed by atoms with Crippen molar-refractivity contribution >= 4 is 34.9 Å². The number of para-hydroxylation sites is 1. The molecular formula is C19H20ClN3O2. The molecule has 1 aliphatic rings. The Balaban J connectivity index is 1.64. The van der Waals surface area contributed by atoms with Gasteiger partial charge in [-0.3, -0.25) is 4.79 Å². The van der Waals surface area contributed by atoms with E-state index in [4.69, 9.17) is 11.6 Å². The summed E-state index contributed by atoms with van der Waals surface area (Å²) < 4.78 is 0. The Labute approximate surface area is 152 Å². The van der Waals surface area contributed by atoms with Crippen molar-refractivity contribution in [2.24, 2.45) is 0 Å². The number of fused-ring (bicyclic) bond motifs is 1. The highest BCUT2D eigenvalue weighted by molar-refractivity contribution is 6.31. The van der Waals surface area contributed by atoms with Crippen LogP contribution in [0.1, 0.15) is 18.1 Å². The highest BCUT2D eigenvalue weighted by Crippen LogP contribution is 2.28. The van der Waals surface area contributed by atoms with Crippen LogP contribution in [-0.4, -0.2) is 24.5 Å². The number of benzene rings is 2. The van der Waals surface area contributed by atoms with Crippen molar-refractivity contribution in [1.82, 2.24) is 5.32 Å². The summed E-state index contributed by atoms with van der Waals surface area (Å²) in [5.41, 5.74) is 3.59. The van der Waals surface area contributed by atoms with Gasteiger partial charge in [0.15, 0.2) is 0 Å². The molecule has 2 N–H and O–H groups in total. The molecule has 2 aromatic carbocycles. The number of urea groups is 1. The molecule has 0 aliphatic carbocycles. The van der Waals surface area contributed by atoms with E-state index in [0.717, 1.165) is 23.2 Å². The monoisotopic (exact) mass is 357 g/mol. The third-order valence-electron chi connectivity index (χ3n) is 4.32. The fraction of sp³-hybridized carbons (Fsp3) is 0.263. The van der Waals surface area contributed by atoms with Gasteiger partial charge in [0.25, 0.3) is 0 Å². The van der Waals surface area contributed by atoms with Crippen molar-refractivity contribution in [2.45, 2.75) is 26.3 Å². The Morgan fingerprint density at radius 2 is 1.96 bits per heavy atom. The molecule has 0 saturated heterocycles. The SMILES string of the molecule is Cc1ccc(Cl)cc1NC(=O)NC(C)C(=O)N1CCc2ccccc21. The Morgan fingerprint density at radius 3 is 2.76 bits per heavy atom. The molecule has 1 heterocycles. The molecule has 2 aromatic rings. The zero-order valence-electron chi connectivity index (χ0n) is 14.2. The molecule has 0 saturated carbocycles. The maximum Gasteiger partial charge on any atom is 0.319 e. The van der Waals surface area contributed by atoms with Crippen LogP contribution in [0.15, 0.2) is 42.5 Å². The van der Waals surface area contributed by atoms with E-state index < -0.39 is 12.1 Å². The molecule has 0 aromatic heterocycles. The average molecular weight is 358 g/mol. The minimum atomic E-state index is -0.634. The van der Waals surface area contributed by atoms with Crippen LogP contribution in [0.25, 0.3) is 0 Å². The van der Waals surface area contributed by atoms with Crippen LogP contribution in [0.2, 0.25) is 5.02 Å². The highest BCUT2D eigenvalue weighted by atomic mass is 35.5. The van der Waals surface area contributed by atoms with Crippen molar-refractivity contribution in [3.63, 3.8) is 0 Å². The molecule has 1 atom stereocenters. The number of halogens is 1. The lowest BCUT2D eigenvalue weighted by Gasteiger charge is -2.22. The van der Waals surface area contributed by atoms with Crippen molar-refractivity contribution in [1.29, 1.82) is 0 Å². The average Bonchev–Trinajstić information content (AvgIpc) is 3.01. The Morgan fingerprint density at radius 1 is 1.20 bits per heavy atom. The Kier molecular flexibility index (Phi) is 4.95. The molecular weight excluding hydrogens is 338 g/mol. The van der Waals surface area contributed by atoms with Crippen LogP contribution in [0.3, 0.4) is 0 Å². The number of nitrogens with zero attached hydrogens (tertiary/aromatic N) is 1. The van der Waals surface area contributed by atoms with Gasteiger partial charge in [-0.15, -0.1) is 0 Å². The molecule has 0 radical (unpaired) electrons. The van der Waals surface area contributed by atoms with Gasteiger partial charge >= 0.3 is 6.03 Å². The van der Waals surface area contributed by atoms with Crippen molar-refractivity contribution < 1.29 is 9.59 Å². The number of carbonyl (C=O) groups is 2. The zero-order valence-corrected chi connectivity index (χ0v) is 14.9. The van der Waals surface area contributed by atoms with Gasteiger partial charge in [0.1, 0.15) is 6.04 Å². The zero-order chi connectivity index (χ0) is 18.0. The minimum absolute atomic E-state index is 0.122. The van der Waals surface area contributed by atoms with E-state index in [-0.39, 0.29) is 5.91 Å². The second kappa shape index (κ2) is 7.15. The van der Waals surface area contributed by atoms with Crippen molar-refractivity contribution in [3.8, 4) is 0 Å². The van der Waals surface area contributed by atoms with Crippen LogP contribution in [0.5, 0.6) is 0 Å². The fourth-order valence-electron chi connectivity index (χ4n) is 2.95. The van der Waals surface area contributed by atoms with E-state index in [0.29, 0.717) is 17.3 Å². The largest absolute Gasteiger partial charge is 0.326 e. The van der Waals surface area contributed by atoms with E-state index in [1.165, 1.54) is 0 Å². The number of rotatable bonds is 3. The second-order valence-corrected chi connectivity index (χ2v) is 6.58. The molecule has 6 heteroatoms. The standard InChI is InChI=1S/C19H20ClN3O2/c1-12-7-8-15(20)11-16(12)22-19(25)21-13(2)18(24)23-10-9-14-5-3-4-6-17(14)23/h3-8,11,13H,9-10H2,1-2H3,(H2,21,22,25). The summed E-state index contributed by atoms with van der Waals surface area (Å²) in [6.45, 7) is 4.20. The smallest absolute Gasteiger partial charge is 0.319 e. The van der Waals surface area contributed by atoms with Crippen LogP contribution >= 0.6 is 11.6 Å². The number of hydrogen-bond acceptors (Lipinski definition) is 2. The highest BCUT2D eigenvalue weighted by Gasteiger charge is 2.28. The number of aryl methyl sites for hydroxylation is 1. The van der Waals surface area contributed by atoms with Crippen LogP contribution < -0.4 is 15.5 Å². The Bertz CT molecular complexity index is 822. The van der Waals surface area contributed by atoms with Crippen molar-refractivity contribution in [2.75, 3.05) is 16.8 Å². The van der Waals surface area contributed by atoms with E-state index in [1.807, 2.05) is 37.3 Å². The lowest BCUT2D eigenvalue weighted by Crippen LogP contribution is -2.47. The van der Waals surface area contributed by atoms with Gasteiger partial charge in [-0.25, -0.2) is 4.79 Å². The van der Waals surface area contributed by atoms with Crippen LogP contribution in [0.4, 0.5) is 16.2 Å². The molecule has 130 valence electrons. The molecule has 3 amide bonds. The summed E-state index contributed by atoms with van der Waals surface area (Å²) in [5, 5.41) is 5.98. The van der Waals surface area contributed by atoms with Gasteiger partial charge < -0.3 is 15.5 Å². The molecule has 0 spiro atoms. The molecule has 3 rings (SSSR count). The maximum absolute atomic E-state index is 12.7. The van der Waals surface area contributed by atoms with E-state index in [1.54, 1.807) is 24.0 Å². The van der Waals surface area contributed by atoms with E-state index in [2.05, 4.69) is 10.6 Å². The predicted octanol–water partition coefficient (Wildman–Crippen LogP) is 3.75. The number of amides is 3. The number of nitrogens with one attached hydrogen (secondary N) is 2. The summed E-state index contributed by atoms with van der Waals surface area (Å²) >= 11 is 5.96. The van der Waals surface area contributed by atoms with E-state index >= 15 is 0 Å². The van der Waals surface area contributed by atoms with Gasteiger partial charge in [0.05, 0.1) is 0 Å². The fourth-order valence-corrected chi connectivity index (χ4v) is 3.12. The second-order valence-electron chi connectivity index (χ2n) is 6.15. The molecule has 0 fully saturated rings. The van der Waals surface area contributed by atoms with Crippen LogP contribution in [0, 0.1) is 6.92 Å². The molecule has 1 unspecified atom stereocenters. The lowest BCUT2D eigenvalue weighted by molar-refractivity contribution is -0.119. The van der Waals surface area contributed by atoms with Gasteiger partial charge in [0.2, 0.25) is 5.91 Å². The summed E-state index contributed by atoms with van der Waals surface area (Å²) in [6, 6.07) is 12.0. The van der Waals surface area contributed by atoms with Gasteiger partial charge in [-0.2, -0.15) is 0 Å². The number of hydrogen-bond donors (Lipinski definition) is 2.